The van der Waals surface area contributed by atoms with Crippen LogP contribution in [0.3, 0.4) is 0 Å². The zero-order valence-electron chi connectivity index (χ0n) is 11.2. The molecule has 6 nitrogen and oxygen atoms in total. The van der Waals surface area contributed by atoms with E-state index in [0.29, 0.717) is 12.8 Å². The molecule has 0 heterocycles. The summed E-state index contributed by atoms with van der Waals surface area (Å²) in [6.07, 6.45) is -3.89. The van der Waals surface area contributed by atoms with Gasteiger partial charge < -0.3 is 15.7 Å². The molecule has 1 aliphatic rings. The number of carbonyl (C=O) groups excluding carboxylic acids is 2. The summed E-state index contributed by atoms with van der Waals surface area (Å²) < 4.78 is 37.9. The van der Waals surface area contributed by atoms with Gasteiger partial charge in [0, 0.05) is 5.92 Å². The number of hydrogen-bond acceptors (Lipinski definition) is 3. The molecule has 0 radical (unpaired) electrons. The van der Waals surface area contributed by atoms with Gasteiger partial charge in [0.2, 0.25) is 11.8 Å². The zero-order valence-corrected chi connectivity index (χ0v) is 11.2. The largest absolute Gasteiger partial charge is 0.480 e. The lowest BCUT2D eigenvalue weighted by molar-refractivity contribution is -0.186. The molecule has 1 aliphatic carbocycles. The average Bonchev–Trinajstić information content (AvgIpc) is 2.41. The highest BCUT2D eigenvalue weighted by Gasteiger charge is 2.43. The fourth-order valence-corrected chi connectivity index (χ4v) is 2.27. The van der Waals surface area contributed by atoms with E-state index in [2.05, 4.69) is 5.32 Å². The van der Waals surface area contributed by atoms with Crippen molar-refractivity contribution >= 4 is 17.8 Å². The Kier molecular flexibility index (Phi) is 5.98. The molecular formula is C12H17F3N2O4. The minimum Gasteiger partial charge on any atom is -0.480 e. The summed E-state index contributed by atoms with van der Waals surface area (Å²) in [5.41, 5.74) is 0. The van der Waals surface area contributed by atoms with Crippen LogP contribution in [-0.4, -0.2) is 42.2 Å². The highest BCUT2D eigenvalue weighted by molar-refractivity contribution is 5.87. The molecule has 3 N–H and O–H groups in total. The van der Waals surface area contributed by atoms with E-state index in [0.717, 1.165) is 0 Å². The number of alkyl halides is 3. The van der Waals surface area contributed by atoms with Crippen LogP contribution in [-0.2, 0) is 14.4 Å². The Balaban J connectivity index is 2.38. The summed E-state index contributed by atoms with van der Waals surface area (Å²) in [5.74, 6) is -4.78. The third-order valence-electron chi connectivity index (χ3n) is 3.37. The van der Waals surface area contributed by atoms with Gasteiger partial charge in [0.05, 0.1) is 12.5 Å². The topological polar surface area (TPSA) is 95.5 Å². The fraction of sp³-hybridized carbons (Fsp3) is 0.750. The molecule has 0 aromatic carbocycles. The first-order valence-corrected chi connectivity index (χ1v) is 6.53. The number of nitrogens with one attached hydrogen (secondary N) is 2. The molecule has 1 fully saturated rings. The normalized spacial score (nSPS) is 22.4. The molecule has 120 valence electrons. The number of amides is 2. The molecule has 2 unspecified atom stereocenters. The Bertz CT molecular complexity index is 412. The second-order valence-corrected chi connectivity index (χ2v) is 4.99. The smallest absolute Gasteiger partial charge is 0.391 e. The lowest BCUT2D eigenvalue weighted by atomic mass is 9.80. The first-order chi connectivity index (χ1) is 9.70. The lowest BCUT2D eigenvalue weighted by Gasteiger charge is -2.29. The average molecular weight is 310 g/mol. The van der Waals surface area contributed by atoms with Crippen molar-refractivity contribution in [1.82, 2.24) is 10.6 Å². The van der Waals surface area contributed by atoms with Gasteiger partial charge in [-0.2, -0.15) is 13.2 Å². The van der Waals surface area contributed by atoms with Crippen molar-refractivity contribution in [1.29, 1.82) is 0 Å². The summed E-state index contributed by atoms with van der Waals surface area (Å²) in [7, 11) is 0. The Morgan fingerprint density at radius 2 is 1.76 bits per heavy atom. The number of carbonyl (C=O) groups is 3. The van der Waals surface area contributed by atoms with Gasteiger partial charge in [0.1, 0.15) is 6.54 Å². The summed E-state index contributed by atoms with van der Waals surface area (Å²) >= 11 is 0. The van der Waals surface area contributed by atoms with Gasteiger partial charge in [0.25, 0.3) is 0 Å². The quantitative estimate of drug-likeness (QED) is 0.695. The van der Waals surface area contributed by atoms with Crippen molar-refractivity contribution in [2.45, 2.75) is 31.9 Å². The Labute approximate surface area is 119 Å². The van der Waals surface area contributed by atoms with Gasteiger partial charge in [-0.3, -0.25) is 14.4 Å². The Morgan fingerprint density at radius 1 is 1.10 bits per heavy atom. The maximum absolute atomic E-state index is 12.6. The van der Waals surface area contributed by atoms with Crippen LogP contribution in [0.25, 0.3) is 0 Å². The highest BCUT2D eigenvalue weighted by Crippen LogP contribution is 2.39. The van der Waals surface area contributed by atoms with Crippen molar-refractivity contribution in [3.8, 4) is 0 Å². The number of rotatable bonds is 5. The number of carboxylic acid groups (broad SMARTS) is 1. The monoisotopic (exact) mass is 310 g/mol. The van der Waals surface area contributed by atoms with E-state index in [1.165, 1.54) is 0 Å². The van der Waals surface area contributed by atoms with E-state index in [1.807, 2.05) is 5.32 Å². The minimum atomic E-state index is -4.31. The molecule has 9 heteroatoms. The predicted molar refractivity (Wildman–Crippen MR) is 65.2 cm³/mol. The molecule has 21 heavy (non-hydrogen) atoms. The maximum Gasteiger partial charge on any atom is 0.391 e. The third kappa shape index (κ3) is 6.01. The molecule has 0 bridgehead atoms. The van der Waals surface area contributed by atoms with Crippen molar-refractivity contribution in [3.63, 3.8) is 0 Å². The second-order valence-electron chi connectivity index (χ2n) is 4.99. The lowest BCUT2D eigenvalue weighted by Crippen LogP contribution is -2.42. The van der Waals surface area contributed by atoms with Crippen molar-refractivity contribution in [2.24, 2.45) is 11.8 Å². The molecule has 0 spiro atoms. The molecule has 2 amide bonds. The van der Waals surface area contributed by atoms with E-state index < -0.39 is 48.9 Å². The first kappa shape index (κ1) is 17.3. The molecular weight excluding hydrogens is 293 g/mol. The van der Waals surface area contributed by atoms with Crippen molar-refractivity contribution in [2.75, 3.05) is 13.1 Å². The number of halogens is 3. The third-order valence-corrected chi connectivity index (χ3v) is 3.37. The van der Waals surface area contributed by atoms with E-state index in [4.69, 9.17) is 5.11 Å². The van der Waals surface area contributed by atoms with Crippen LogP contribution in [0.15, 0.2) is 0 Å². The standard InChI is InChI=1S/C12H17F3N2O4/c13-12(14,15)8-3-1-2-7(4-8)11(21)17-5-9(18)16-6-10(19)20/h7-8H,1-6H2,(H,16,18)(H,17,21)(H,19,20). The summed E-state index contributed by atoms with van der Waals surface area (Å²) in [5, 5.41) is 12.6. The van der Waals surface area contributed by atoms with Crippen LogP contribution in [0, 0.1) is 11.8 Å². The van der Waals surface area contributed by atoms with Crippen molar-refractivity contribution < 1.29 is 32.7 Å². The SMILES string of the molecule is O=C(O)CNC(=O)CNC(=O)C1CCCC(C(F)(F)F)C1. The number of hydrogen-bond donors (Lipinski definition) is 3. The van der Waals surface area contributed by atoms with Crippen LogP contribution >= 0.6 is 0 Å². The van der Waals surface area contributed by atoms with Crippen LogP contribution < -0.4 is 10.6 Å². The molecule has 1 rings (SSSR count). The van der Waals surface area contributed by atoms with E-state index >= 15 is 0 Å². The van der Waals surface area contributed by atoms with Crippen LogP contribution in [0.4, 0.5) is 13.2 Å². The Morgan fingerprint density at radius 3 is 2.33 bits per heavy atom. The molecule has 0 aliphatic heterocycles. The predicted octanol–water partition coefficient (Wildman–Crippen LogP) is 0.672. The van der Waals surface area contributed by atoms with Gasteiger partial charge in [0.15, 0.2) is 0 Å². The second kappa shape index (κ2) is 7.28. The fourth-order valence-electron chi connectivity index (χ4n) is 2.27. The molecule has 0 aromatic rings. The van der Waals surface area contributed by atoms with E-state index in [1.54, 1.807) is 0 Å². The minimum absolute atomic E-state index is 0.0202. The van der Waals surface area contributed by atoms with Gasteiger partial charge in [-0.15, -0.1) is 0 Å². The van der Waals surface area contributed by atoms with Gasteiger partial charge >= 0.3 is 12.1 Å². The van der Waals surface area contributed by atoms with Crippen LogP contribution in [0.1, 0.15) is 25.7 Å². The molecule has 1 saturated carbocycles. The van der Waals surface area contributed by atoms with Crippen LogP contribution in [0.2, 0.25) is 0 Å². The van der Waals surface area contributed by atoms with E-state index in [9.17, 15) is 27.6 Å². The number of aliphatic carboxylic acids is 1. The molecule has 0 aromatic heterocycles. The van der Waals surface area contributed by atoms with Gasteiger partial charge in [-0.25, -0.2) is 0 Å². The van der Waals surface area contributed by atoms with Gasteiger partial charge in [-0.05, 0) is 19.3 Å². The summed E-state index contributed by atoms with van der Waals surface area (Å²) in [6.45, 7) is -1.02. The zero-order chi connectivity index (χ0) is 16.0. The summed E-state index contributed by atoms with van der Waals surface area (Å²) in [6, 6.07) is 0. The first-order valence-electron chi connectivity index (χ1n) is 6.53. The highest BCUT2D eigenvalue weighted by atomic mass is 19.4. The van der Waals surface area contributed by atoms with Crippen molar-refractivity contribution in [3.05, 3.63) is 0 Å². The van der Waals surface area contributed by atoms with Gasteiger partial charge in [-0.1, -0.05) is 6.42 Å². The number of carboxylic acids is 1. The van der Waals surface area contributed by atoms with E-state index in [-0.39, 0.29) is 12.8 Å². The summed E-state index contributed by atoms with van der Waals surface area (Å²) in [4.78, 5) is 33.1. The molecule has 0 saturated heterocycles. The molecule has 2 atom stereocenters. The Hall–Kier alpha value is -1.80. The maximum atomic E-state index is 12.6. The van der Waals surface area contributed by atoms with Crippen LogP contribution in [0.5, 0.6) is 0 Å².